The van der Waals surface area contributed by atoms with Crippen LogP contribution in [0.5, 0.6) is 0 Å². The van der Waals surface area contributed by atoms with Crippen LogP contribution in [0.2, 0.25) is 0 Å². The first-order chi connectivity index (χ1) is 13.6. The molecule has 6 heteroatoms. The van der Waals surface area contributed by atoms with Crippen LogP contribution in [-0.4, -0.2) is 32.1 Å². The van der Waals surface area contributed by atoms with Crippen molar-refractivity contribution < 1.29 is 9.18 Å². The molecule has 0 aliphatic rings. The SMILES string of the molecule is CCCCCN(Cc1ccc(F)cc1)C(=O)c1cnn(-c2ccccn2)c1C. The molecule has 0 saturated heterocycles. The Kier molecular flexibility index (Phi) is 6.53. The highest BCUT2D eigenvalue weighted by atomic mass is 19.1. The highest BCUT2D eigenvalue weighted by Crippen LogP contribution is 2.17. The highest BCUT2D eigenvalue weighted by Gasteiger charge is 2.21. The third-order valence-electron chi connectivity index (χ3n) is 4.71. The second-order valence-electron chi connectivity index (χ2n) is 6.80. The Morgan fingerprint density at radius 3 is 2.61 bits per heavy atom. The molecule has 3 rings (SSSR count). The molecule has 0 saturated carbocycles. The number of unbranched alkanes of at least 4 members (excludes halogenated alkanes) is 2. The number of rotatable bonds is 8. The van der Waals surface area contributed by atoms with Gasteiger partial charge in [-0.1, -0.05) is 38.0 Å². The summed E-state index contributed by atoms with van der Waals surface area (Å²) < 4.78 is 14.9. The standard InChI is InChI=1S/C22H25FN4O/c1-3-4-7-14-26(16-18-9-11-19(23)12-10-18)22(28)20-15-25-27(17(20)2)21-8-5-6-13-24-21/h5-6,8-13,15H,3-4,7,14,16H2,1-2H3. The number of aromatic nitrogens is 3. The number of carbonyl (C=O) groups excluding carboxylic acids is 1. The van der Waals surface area contributed by atoms with E-state index in [1.54, 1.807) is 29.2 Å². The maximum absolute atomic E-state index is 13.3. The van der Waals surface area contributed by atoms with Crippen molar-refractivity contribution in [2.24, 2.45) is 0 Å². The average molecular weight is 380 g/mol. The van der Waals surface area contributed by atoms with Gasteiger partial charge in [0.1, 0.15) is 5.82 Å². The fourth-order valence-electron chi connectivity index (χ4n) is 3.12. The molecule has 5 nitrogen and oxygen atoms in total. The van der Waals surface area contributed by atoms with Gasteiger partial charge >= 0.3 is 0 Å². The van der Waals surface area contributed by atoms with Crippen LogP contribution in [0.3, 0.4) is 0 Å². The van der Waals surface area contributed by atoms with Crippen molar-refractivity contribution in [2.45, 2.75) is 39.7 Å². The number of amides is 1. The molecule has 0 unspecified atom stereocenters. The van der Waals surface area contributed by atoms with Crippen molar-refractivity contribution >= 4 is 5.91 Å². The zero-order valence-corrected chi connectivity index (χ0v) is 16.3. The summed E-state index contributed by atoms with van der Waals surface area (Å²) in [4.78, 5) is 19.4. The van der Waals surface area contributed by atoms with Crippen LogP contribution in [0.15, 0.2) is 54.9 Å². The van der Waals surface area contributed by atoms with Crippen molar-refractivity contribution in [1.29, 1.82) is 0 Å². The summed E-state index contributed by atoms with van der Waals surface area (Å²) >= 11 is 0. The van der Waals surface area contributed by atoms with E-state index in [0.717, 1.165) is 30.5 Å². The largest absolute Gasteiger partial charge is 0.334 e. The summed E-state index contributed by atoms with van der Waals surface area (Å²) in [6.45, 7) is 5.10. The molecular weight excluding hydrogens is 355 g/mol. The maximum atomic E-state index is 13.3. The third-order valence-corrected chi connectivity index (χ3v) is 4.71. The lowest BCUT2D eigenvalue weighted by atomic mass is 10.1. The van der Waals surface area contributed by atoms with Crippen molar-refractivity contribution in [3.8, 4) is 5.82 Å². The Morgan fingerprint density at radius 2 is 1.93 bits per heavy atom. The fourth-order valence-corrected chi connectivity index (χ4v) is 3.12. The lowest BCUT2D eigenvalue weighted by molar-refractivity contribution is 0.0739. The highest BCUT2D eigenvalue weighted by molar-refractivity contribution is 5.95. The van der Waals surface area contributed by atoms with Gasteiger partial charge in [0.05, 0.1) is 17.5 Å². The van der Waals surface area contributed by atoms with E-state index in [2.05, 4.69) is 17.0 Å². The van der Waals surface area contributed by atoms with Crippen LogP contribution in [0, 0.1) is 12.7 Å². The zero-order chi connectivity index (χ0) is 19.9. The van der Waals surface area contributed by atoms with Gasteiger partial charge in [0.2, 0.25) is 0 Å². The molecule has 0 spiro atoms. The Labute approximate surface area is 164 Å². The summed E-state index contributed by atoms with van der Waals surface area (Å²) in [6.07, 6.45) is 6.36. The first-order valence-corrected chi connectivity index (χ1v) is 9.60. The molecule has 0 N–H and O–H groups in total. The van der Waals surface area contributed by atoms with Gasteiger partial charge in [-0.05, 0) is 43.2 Å². The quantitative estimate of drug-likeness (QED) is 0.539. The molecule has 2 aromatic heterocycles. The summed E-state index contributed by atoms with van der Waals surface area (Å²) in [7, 11) is 0. The summed E-state index contributed by atoms with van der Waals surface area (Å²) in [5.74, 6) is 0.329. The van der Waals surface area contributed by atoms with E-state index in [4.69, 9.17) is 0 Å². The lowest BCUT2D eigenvalue weighted by Crippen LogP contribution is -2.32. The van der Waals surface area contributed by atoms with E-state index in [-0.39, 0.29) is 11.7 Å². The van der Waals surface area contributed by atoms with Crippen LogP contribution in [0.4, 0.5) is 4.39 Å². The first kappa shape index (κ1) is 19.7. The van der Waals surface area contributed by atoms with Gasteiger partial charge in [0.25, 0.3) is 5.91 Å². The summed E-state index contributed by atoms with van der Waals surface area (Å²) in [5, 5.41) is 4.36. The minimum Gasteiger partial charge on any atom is -0.334 e. The van der Waals surface area contributed by atoms with Gasteiger partial charge in [0.15, 0.2) is 5.82 Å². The monoisotopic (exact) mass is 380 g/mol. The van der Waals surface area contributed by atoms with E-state index in [1.807, 2.05) is 30.0 Å². The molecule has 146 valence electrons. The Hall–Kier alpha value is -3.02. The molecule has 2 heterocycles. The second kappa shape index (κ2) is 9.26. The minimum absolute atomic E-state index is 0.0693. The van der Waals surface area contributed by atoms with Gasteiger partial charge in [-0.2, -0.15) is 5.10 Å². The molecule has 0 aliphatic carbocycles. The molecule has 0 aliphatic heterocycles. The molecule has 0 radical (unpaired) electrons. The number of hydrogen-bond acceptors (Lipinski definition) is 3. The molecule has 1 amide bonds. The minimum atomic E-state index is -0.278. The van der Waals surface area contributed by atoms with Crippen LogP contribution in [-0.2, 0) is 6.54 Å². The Morgan fingerprint density at radius 1 is 1.14 bits per heavy atom. The van der Waals surface area contributed by atoms with E-state index in [1.165, 1.54) is 12.1 Å². The number of halogens is 1. The molecule has 28 heavy (non-hydrogen) atoms. The summed E-state index contributed by atoms with van der Waals surface area (Å²) in [6, 6.07) is 11.9. The Bertz CT molecular complexity index is 906. The van der Waals surface area contributed by atoms with E-state index in [9.17, 15) is 9.18 Å². The zero-order valence-electron chi connectivity index (χ0n) is 16.3. The fraction of sp³-hybridized carbons (Fsp3) is 0.318. The molecule has 1 aromatic carbocycles. The molecule has 0 fully saturated rings. The summed E-state index contributed by atoms with van der Waals surface area (Å²) in [5.41, 5.74) is 2.22. The van der Waals surface area contributed by atoms with E-state index < -0.39 is 0 Å². The van der Waals surface area contributed by atoms with Crippen molar-refractivity contribution in [3.05, 3.63) is 77.5 Å². The number of pyridine rings is 1. The van der Waals surface area contributed by atoms with Crippen molar-refractivity contribution in [2.75, 3.05) is 6.54 Å². The van der Waals surface area contributed by atoms with E-state index in [0.29, 0.717) is 24.5 Å². The van der Waals surface area contributed by atoms with Gasteiger partial charge in [0, 0.05) is 19.3 Å². The predicted octanol–water partition coefficient (Wildman–Crippen LogP) is 4.55. The lowest BCUT2D eigenvalue weighted by Gasteiger charge is -2.23. The van der Waals surface area contributed by atoms with Crippen LogP contribution in [0.25, 0.3) is 5.82 Å². The number of carbonyl (C=O) groups is 1. The molecular formula is C22H25FN4O. The van der Waals surface area contributed by atoms with Crippen molar-refractivity contribution in [3.63, 3.8) is 0 Å². The maximum Gasteiger partial charge on any atom is 0.257 e. The number of benzene rings is 1. The smallest absolute Gasteiger partial charge is 0.257 e. The topological polar surface area (TPSA) is 51.0 Å². The van der Waals surface area contributed by atoms with Crippen LogP contribution >= 0.6 is 0 Å². The Balaban J connectivity index is 1.84. The molecule has 0 bridgehead atoms. The molecule has 3 aromatic rings. The van der Waals surface area contributed by atoms with Crippen LogP contribution in [0.1, 0.15) is 47.8 Å². The first-order valence-electron chi connectivity index (χ1n) is 9.60. The normalized spacial score (nSPS) is 10.8. The second-order valence-corrected chi connectivity index (χ2v) is 6.80. The van der Waals surface area contributed by atoms with Gasteiger partial charge in [-0.15, -0.1) is 0 Å². The van der Waals surface area contributed by atoms with E-state index >= 15 is 0 Å². The van der Waals surface area contributed by atoms with Crippen LogP contribution < -0.4 is 0 Å². The van der Waals surface area contributed by atoms with Crippen molar-refractivity contribution in [1.82, 2.24) is 19.7 Å². The molecule has 0 atom stereocenters. The number of nitrogens with zero attached hydrogens (tertiary/aromatic N) is 4. The predicted molar refractivity (Wildman–Crippen MR) is 107 cm³/mol. The number of hydrogen-bond donors (Lipinski definition) is 0. The third kappa shape index (κ3) is 4.63. The average Bonchev–Trinajstić information content (AvgIpc) is 3.10. The van der Waals surface area contributed by atoms with Gasteiger partial charge in [-0.3, -0.25) is 4.79 Å². The van der Waals surface area contributed by atoms with Gasteiger partial charge in [-0.25, -0.2) is 14.1 Å². The van der Waals surface area contributed by atoms with Gasteiger partial charge < -0.3 is 4.90 Å².